The van der Waals surface area contributed by atoms with Crippen molar-refractivity contribution in [2.45, 2.75) is 173 Å². The van der Waals surface area contributed by atoms with Crippen molar-refractivity contribution >= 4 is 11.9 Å². The molecule has 0 bridgehead atoms. The maximum absolute atomic E-state index is 12.0. The molecule has 0 aliphatic heterocycles. The third-order valence-electron chi connectivity index (χ3n) is 8.83. The average molecular weight is 735 g/mol. The molecule has 0 rings (SSSR count). The predicted molar refractivity (Wildman–Crippen MR) is 216 cm³/mol. The van der Waals surface area contributed by atoms with Gasteiger partial charge in [0.15, 0.2) is 0 Å². The molecule has 2 N–H and O–H groups in total. The fraction of sp³-hybridized carbons (Fsp3) is 0.773. The van der Waals surface area contributed by atoms with E-state index < -0.39 is 18.4 Å². The van der Waals surface area contributed by atoms with Crippen molar-refractivity contribution in [1.29, 1.82) is 0 Å². The number of aliphatic hydroxyl groups is 1. The topological polar surface area (TPSA) is 102 Å². The number of esters is 1. The van der Waals surface area contributed by atoms with E-state index >= 15 is 0 Å². The minimum atomic E-state index is -1.46. The number of likely N-dealkylation sites (N-methyl/N-ethyl adjacent to an activating group) is 1. The van der Waals surface area contributed by atoms with Gasteiger partial charge in [-0.2, -0.15) is 0 Å². The number of ether oxygens (including phenoxy) is 3. The van der Waals surface area contributed by atoms with E-state index in [4.69, 9.17) is 14.2 Å². The predicted octanol–water partition coefficient (Wildman–Crippen LogP) is 10.6. The first kappa shape index (κ1) is 49.7. The molecule has 8 nitrogen and oxygen atoms in total. The van der Waals surface area contributed by atoms with Gasteiger partial charge in [-0.1, -0.05) is 158 Å². The molecule has 2 unspecified atom stereocenters. The Morgan fingerprint density at radius 2 is 1.00 bits per heavy atom. The van der Waals surface area contributed by atoms with Crippen molar-refractivity contribution in [3.05, 3.63) is 48.6 Å². The highest BCUT2D eigenvalue weighted by molar-refractivity contribution is 5.70. The maximum atomic E-state index is 12.0. The van der Waals surface area contributed by atoms with Crippen LogP contribution in [0.25, 0.3) is 0 Å². The number of aliphatic carboxylic acids is 1. The second-order valence-electron chi connectivity index (χ2n) is 15.1. The van der Waals surface area contributed by atoms with E-state index in [2.05, 4.69) is 55.5 Å². The van der Waals surface area contributed by atoms with Crippen LogP contribution in [-0.4, -0.2) is 86.5 Å². The smallest absolute Gasteiger partial charge is 0.361 e. The van der Waals surface area contributed by atoms with Crippen molar-refractivity contribution < 1.29 is 38.5 Å². The number of aliphatic hydroxyl groups excluding tert-OH is 1. The Balaban J connectivity index is 3.43. The van der Waals surface area contributed by atoms with Gasteiger partial charge in [-0.25, -0.2) is 4.79 Å². The van der Waals surface area contributed by atoms with Gasteiger partial charge in [-0.15, -0.1) is 0 Å². The van der Waals surface area contributed by atoms with E-state index in [1.54, 1.807) is 0 Å². The highest BCUT2D eigenvalue weighted by atomic mass is 16.7. The SMILES string of the molecule is CC/C=C\C/C=C\C/C=C\C/C=C\CCCCCCCCCCCCCCCCCCCCC(=O)OCC(O)COC(OCC[N+](C)(C)C)C(=O)O. The molecule has 302 valence electrons. The monoisotopic (exact) mass is 735 g/mol. The molecular formula is C44H80NO7+. The molecule has 0 aromatic heterocycles. The molecule has 0 aliphatic rings. The Labute approximate surface area is 319 Å². The molecule has 0 radical (unpaired) electrons. The Hall–Kier alpha value is -2.26. The highest BCUT2D eigenvalue weighted by Crippen LogP contribution is 2.15. The summed E-state index contributed by atoms with van der Waals surface area (Å²) < 4.78 is 16.2. The molecule has 0 fully saturated rings. The van der Waals surface area contributed by atoms with Gasteiger partial charge in [0.25, 0.3) is 6.29 Å². The van der Waals surface area contributed by atoms with E-state index in [1.165, 1.54) is 103 Å². The first-order chi connectivity index (χ1) is 25.2. The molecule has 0 saturated heterocycles. The van der Waals surface area contributed by atoms with Crippen LogP contribution in [-0.2, 0) is 23.8 Å². The lowest BCUT2D eigenvalue weighted by atomic mass is 10.0. The maximum Gasteiger partial charge on any atom is 0.361 e. The van der Waals surface area contributed by atoms with E-state index in [9.17, 15) is 19.8 Å². The summed E-state index contributed by atoms with van der Waals surface area (Å²) >= 11 is 0. The van der Waals surface area contributed by atoms with Crippen LogP contribution in [0, 0.1) is 0 Å². The third kappa shape index (κ3) is 39.0. The summed E-state index contributed by atoms with van der Waals surface area (Å²) in [5.74, 6) is -1.61. The van der Waals surface area contributed by atoms with E-state index in [0.29, 0.717) is 17.4 Å². The number of hydrogen-bond donors (Lipinski definition) is 2. The Morgan fingerprint density at radius 1 is 0.577 bits per heavy atom. The van der Waals surface area contributed by atoms with Crippen LogP contribution < -0.4 is 0 Å². The summed E-state index contributed by atoms with van der Waals surface area (Å²) in [7, 11) is 5.92. The van der Waals surface area contributed by atoms with Gasteiger partial charge in [-0.3, -0.25) is 4.79 Å². The van der Waals surface area contributed by atoms with Crippen molar-refractivity contribution in [2.24, 2.45) is 0 Å². The molecule has 0 saturated carbocycles. The van der Waals surface area contributed by atoms with Gasteiger partial charge in [-0.05, 0) is 44.9 Å². The number of carbonyl (C=O) groups is 2. The molecule has 0 spiro atoms. The molecule has 52 heavy (non-hydrogen) atoms. The largest absolute Gasteiger partial charge is 0.477 e. The Bertz CT molecular complexity index is 937. The van der Waals surface area contributed by atoms with Crippen molar-refractivity contribution in [1.82, 2.24) is 0 Å². The first-order valence-corrected chi connectivity index (χ1v) is 20.9. The van der Waals surface area contributed by atoms with Crippen LogP contribution >= 0.6 is 0 Å². The number of hydrogen-bond acceptors (Lipinski definition) is 6. The number of nitrogens with zero attached hydrogens (tertiary/aromatic N) is 1. The summed E-state index contributed by atoms with van der Waals surface area (Å²) in [4.78, 5) is 23.3. The summed E-state index contributed by atoms with van der Waals surface area (Å²) in [5.41, 5.74) is 0. The summed E-state index contributed by atoms with van der Waals surface area (Å²) in [6.07, 6.45) is 44.5. The molecule has 0 heterocycles. The lowest BCUT2D eigenvalue weighted by Crippen LogP contribution is -2.40. The normalized spacial score (nSPS) is 13.6. The Kier molecular flexibility index (Phi) is 35.5. The second kappa shape index (κ2) is 37.1. The van der Waals surface area contributed by atoms with Crippen molar-refractivity contribution in [3.63, 3.8) is 0 Å². The number of carboxylic acids is 1. The lowest BCUT2D eigenvalue weighted by Gasteiger charge is -2.24. The first-order valence-electron chi connectivity index (χ1n) is 20.9. The molecular weight excluding hydrogens is 654 g/mol. The quantitative estimate of drug-likeness (QED) is 0.0214. The fourth-order valence-electron chi connectivity index (χ4n) is 5.59. The van der Waals surface area contributed by atoms with Gasteiger partial charge in [0.1, 0.15) is 19.3 Å². The van der Waals surface area contributed by atoms with Crippen LogP contribution in [0.5, 0.6) is 0 Å². The molecule has 2 atom stereocenters. The van der Waals surface area contributed by atoms with Gasteiger partial charge < -0.3 is 28.9 Å². The number of rotatable bonds is 38. The number of quaternary nitrogens is 1. The number of carboxylic acid groups (broad SMARTS) is 1. The zero-order chi connectivity index (χ0) is 38.4. The summed E-state index contributed by atoms with van der Waals surface area (Å²) in [6, 6.07) is 0. The zero-order valence-electron chi connectivity index (χ0n) is 34.0. The molecule has 0 aromatic carbocycles. The second-order valence-corrected chi connectivity index (χ2v) is 15.1. The zero-order valence-corrected chi connectivity index (χ0v) is 34.0. The van der Waals surface area contributed by atoms with Gasteiger partial charge in [0.05, 0.1) is 34.4 Å². The standard InChI is InChI=1S/C44H79NO7/c1-5-6-7-8-9-10-11-12-13-14-15-16-17-18-19-20-21-22-23-24-25-26-27-28-29-30-31-32-33-34-35-36-42(47)51-39-41(46)40-52-44(43(48)49)50-38-37-45(2,3)4/h6-7,9-10,12-13,15-16,41,44,46H,5,8,11,14,17-40H2,1-4H3/p+1/b7-6-,10-9-,13-12-,16-15-. The minimum Gasteiger partial charge on any atom is -0.477 e. The van der Waals surface area contributed by atoms with Crippen LogP contribution in [0.15, 0.2) is 48.6 Å². The van der Waals surface area contributed by atoms with Crippen LogP contribution in [0.4, 0.5) is 0 Å². The van der Waals surface area contributed by atoms with Crippen LogP contribution in [0.1, 0.15) is 161 Å². The van der Waals surface area contributed by atoms with Gasteiger partial charge >= 0.3 is 11.9 Å². The van der Waals surface area contributed by atoms with E-state index in [1.807, 2.05) is 21.1 Å². The van der Waals surface area contributed by atoms with E-state index in [-0.39, 0.29) is 25.8 Å². The van der Waals surface area contributed by atoms with Crippen LogP contribution in [0.2, 0.25) is 0 Å². The minimum absolute atomic E-state index is 0.210. The van der Waals surface area contributed by atoms with Crippen LogP contribution in [0.3, 0.4) is 0 Å². The van der Waals surface area contributed by atoms with Gasteiger partial charge in [0, 0.05) is 6.42 Å². The Morgan fingerprint density at radius 3 is 1.44 bits per heavy atom. The molecule has 0 amide bonds. The van der Waals surface area contributed by atoms with Gasteiger partial charge in [0.2, 0.25) is 0 Å². The average Bonchev–Trinajstić information content (AvgIpc) is 3.10. The highest BCUT2D eigenvalue weighted by Gasteiger charge is 2.22. The molecule has 0 aromatic rings. The number of allylic oxidation sites excluding steroid dienone is 8. The van der Waals surface area contributed by atoms with Crippen molar-refractivity contribution in [3.8, 4) is 0 Å². The van der Waals surface area contributed by atoms with Crippen molar-refractivity contribution in [2.75, 3.05) is 47.5 Å². The third-order valence-corrected chi connectivity index (χ3v) is 8.83. The molecule has 0 aliphatic carbocycles. The fourth-order valence-corrected chi connectivity index (χ4v) is 5.59. The summed E-state index contributed by atoms with van der Waals surface area (Å²) in [6.45, 7) is 2.48. The lowest BCUT2D eigenvalue weighted by molar-refractivity contribution is -0.870. The molecule has 8 heteroatoms. The summed E-state index contributed by atoms with van der Waals surface area (Å²) in [5, 5.41) is 19.2. The number of carbonyl (C=O) groups excluding carboxylic acids is 1. The number of unbranched alkanes of at least 4 members (excludes halogenated alkanes) is 18. The van der Waals surface area contributed by atoms with E-state index in [0.717, 1.165) is 44.9 Å².